The molecule has 0 amide bonds. The predicted octanol–water partition coefficient (Wildman–Crippen LogP) is 2.96. The summed E-state index contributed by atoms with van der Waals surface area (Å²) in [5.74, 6) is 3.00. The molecule has 1 fully saturated rings. The highest BCUT2D eigenvalue weighted by atomic mass is 16.3. The van der Waals surface area contributed by atoms with Crippen LogP contribution in [0.15, 0.2) is 10.5 Å². The van der Waals surface area contributed by atoms with Crippen LogP contribution in [0.5, 0.6) is 0 Å². The van der Waals surface area contributed by atoms with Crippen molar-refractivity contribution in [3.05, 3.63) is 23.2 Å². The molecule has 78 valence electrons. The van der Waals surface area contributed by atoms with Crippen molar-refractivity contribution in [2.75, 3.05) is 6.54 Å². The van der Waals surface area contributed by atoms with Gasteiger partial charge in [-0.3, -0.25) is 0 Å². The number of nitrogens with one attached hydrogen (secondary N) is 1. The predicted molar refractivity (Wildman–Crippen MR) is 57.3 cm³/mol. The molecule has 0 aliphatic heterocycles. The van der Waals surface area contributed by atoms with E-state index in [1.807, 2.05) is 13.8 Å². The van der Waals surface area contributed by atoms with Crippen LogP contribution in [0.4, 0.5) is 0 Å². The van der Waals surface area contributed by atoms with E-state index in [-0.39, 0.29) is 0 Å². The van der Waals surface area contributed by atoms with Crippen LogP contribution in [0.1, 0.15) is 42.9 Å². The second-order valence-electron chi connectivity index (χ2n) is 4.44. The highest BCUT2D eigenvalue weighted by molar-refractivity contribution is 5.23. The largest absolute Gasteiger partial charge is 0.466 e. The average Bonchev–Trinajstić information content (AvgIpc) is 2.88. The molecular weight excluding hydrogens is 174 g/mol. The third kappa shape index (κ3) is 2.18. The Labute approximate surface area is 85.7 Å². The Morgan fingerprint density at radius 1 is 1.50 bits per heavy atom. The van der Waals surface area contributed by atoms with E-state index in [2.05, 4.69) is 18.3 Å². The summed E-state index contributed by atoms with van der Waals surface area (Å²) in [6.45, 7) is 7.41. The van der Waals surface area contributed by atoms with Crippen LogP contribution in [0.2, 0.25) is 0 Å². The van der Waals surface area contributed by atoms with Crippen molar-refractivity contribution in [3.63, 3.8) is 0 Å². The molecule has 1 saturated carbocycles. The molecule has 1 atom stereocenters. The molecule has 1 heterocycles. The van der Waals surface area contributed by atoms with E-state index < -0.39 is 0 Å². The molecule has 0 spiro atoms. The van der Waals surface area contributed by atoms with Crippen molar-refractivity contribution in [2.24, 2.45) is 5.92 Å². The van der Waals surface area contributed by atoms with Gasteiger partial charge >= 0.3 is 0 Å². The van der Waals surface area contributed by atoms with E-state index in [0.717, 1.165) is 24.0 Å². The summed E-state index contributed by atoms with van der Waals surface area (Å²) in [7, 11) is 0. The first-order chi connectivity index (χ1) is 6.66. The number of hydrogen-bond acceptors (Lipinski definition) is 2. The molecular formula is C12H19NO. The number of furan rings is 1. The molecule has 2 rings (SSSR count). The standard InChI is InChI=1S/C12H19NO/c1-8-6-12(10(3)14-8)9(2)13-7-11-4-5-11/h6,9,11,13H,4-5,7H2,1-3H3. The van der Waals surface area contributed by atoms with E-state index in [4.69, 9.17) is 4.42 Å². The normalized spacial score (nSPS) is 18.5. The zero-order chi connectivity index (χ0) is 10.1. The summed E-state index contributed by atoms with van der Waals surface area (Å²) in [6, 6.07) is 2.56. The molecule has 1 aromatic rings. The Balaban J connectivity index is 1.94. The van der Waals surface area contributed by atoms with Gasteiger partial charge in [-0.2, -0.15) is 0 Å². The zero-order valence-electron chi connectivity index (χ0n) is 9.26. The van der Waals surface area contributed by atoms with Gasteiger partial charge in [0.15, 0.2) is 0 Å². The van der Waals surface area contributed by atoms with Gasteiger partial charge in [-0.15, -0.1) is 0 Å². The Bertz CT molecular complexity index is 312. The van der Waals surface area contributed by atoms with Crippen molar-refractivity contribution < 1.29 is 4.42 Å². The molecule has 0 saturated heterocycles. The molecule has 1 aromatic heterocycles. The SMILES string of the molecule is Cc1cc(C(C)NCC2CC2)c(C)o1. The Morgan fingerprint density at radius 3 is 2.71 bits per heavy atom. The second kappa shape index (κ2) is 3.77. The molecule has 1 N–H and O–H groups in total. The smallest absolute Gasteiger partial charge is 0.105 e. The van der Waals surface area contributed by atoms with Crippen molar-refractivity contribution in [3.8, 4) is 0 Å². The fourth-order valence-electron chi connectivity index (χ4n) is 1.86. The van der Waals surface area contributed by atoms with Gasteiger partial charge in [-0.25, -0.2) is 0 Å². The van der Waals surface area contributed by atoms with Gasteiger partial charge in [0.2, 0.25) is 0 Å². The van der Waals surface area contributed by atoms with Crippen molar-refractivity contribution in [2.45, 2.75) is 39.7 Å². The quantitative estimate of drug-likeness (QED) is 0.795. The third-order valence-corrected chi connectivity index (χ3v) is 2.96. The van der Waals surface area contributed by atoms with E-state index in [1.165, 1.54) is 18.4 Å². The van der Waals surface area contributed by atoms with Crippen molar-refractivity contribution in [1.29, 1.82) is 0 Å². The highest BCUT2D eigenvalue weighted by Crippen LogP contribution is 2.29. The fourth-order valence-corrected chi connectivity index (χ4v) is 1.86. The first-order valence-corrected chi connectivity index (χ1v) is 5.47. The number of rotatable bonds is 4. The number of aryl methyl sites for hydroxylation is 2. The average molecular weight is 193 g/mol. The zero-order valence-corrected chi connectivity index (χ0v) is 9.26. The monoisotopic (exact) mass is 193 g/mol. The van der Waals surface area contributed by atoms with E-state index in [9.17, 15) is 0 Å². The summed E-state index contributed by atoms with van der Waals surface area (Å²) in [5.41, 5.74) is 1.31. The Kier molecular flexibility index (Phi) is 2.64. The summed E-state index contributed by atoms with van der Waals surface area (Å²) < 4.78 is 5.52. The van der Waals surface area contributed by atoms with E-state index in [0.29, 0.717) is 6.04 Å². The minimum Gasteiger partial charge on any atom is -0.466 e. The lowest BCUT2D eigenvalue weighted by atomic mass is 10.1. The minimum atomic E-state index is 0.424. The lowest BCUT2D eigenvalue weighted by Crippen LogP contribution is -2.21. The Morgan fingerprint density at radius 2 is 2.21 bits per heavy atom. The van der Waals surface area contributed by atoms with Crippen LogP contribution in [0, 0.1) is 19.8 Å². The summed E-state index contributed by atoms with van der Waals surface area (Å²) in [5, 5.41) is 3.56. The van der Waals surface area contributed by atoms with Crippen LogP contribution in [-0.2, 0) is 0 Å². The van der Waals surface area contributed by atoms with Crippen LogP contribution >= 0.6 is 0 Å². The van der Waals surface area contributed by atoms with E-state index >= 15 is 0 Å². The van der Waals surface area contributed by atoms with Crippen LogP contribution in [-0.4, -0.2) is 6.54 Å². The van der Waals surface area contributed by atoms with E-state index in [1.54, 1.807) is 0 Å². The highest BCUT2D eigenvalue weighted by Gasteiger charge is 2.22. The number of hydrogen-bond donors (Lipinski definition) is 1. The maximum absolute atomic E-state index is 5.52. The maximum Gasteiger partial charge on any atom is 0.105 e. The first-order valence-electron chi connectivity index (χ1n) is 5.47. The molecule has 0 radical (unpaired) electrons. The fraction of sp³-hybridized carbons (Fsp3) is 0.667. The lowest BCUT2D eigenvalue weighted by molar-refractivity contribution is 0.487. The summed E-state index contributed by atoms with van der Waals surface area (Å²) in [6.07, 6.45) is 2.81. The van der Waals surface area contributed by atoms with Crippen LogP contribution < -0.4 is 5.32 Å². The molecule has 2 heteroatoms. The van der Waals surface area contributed by atoms with Gasteiger partial charge < -0.3 is 9.73 Å². The van der Waals surface area contributed by atoms with Crippen LogP contribution in [0.3, 0.4) is 0 Å². The molecule has 1 aliphatic carbocycles. The lowest BCUT2D eigenvalue weighted by Gasteiger charge is -2.12. The second-order valence-corrected chi connectivity index (χ2v) is 4.44. The third-order valence-electron chi connectivity index (χ3n) is 2.96. The molecule has 1 aliphatic rings. The van der Waals surface area contributed by atoms with Crippen molar-refractivity contribution >= 4 is 0 Å². The van der Waals surface area contributed by atoms with Crippen molar-refractivity contribution in [1.82, 2.24) is 5.32 Å². The molecule has 0 bridgehead atoms. The van der Waals surface area contributed by atoms with Gasteiger partial charge in [0.1, 0.15) is 11.5 Å². The maximum atomic E-state index is 5.52. The Hall–Kier alpha value is -0.760. The van der Waals surface area contributed by atoms with Gasteiger partial charge in [-0.05, 0) is 52.1 Å². The van der Waals surface area contributed by atoms with Gasteiger partial charge in [0.25, 0.3) is 0 Å². The molecule has 0 aromatic carbocycles. The minimum absolute atomic E-state index is 0.424. The van der Waals surface area contributed by atoms with Gasteiger partial charge in [-0.1, -0.05) is 0 Å². The molecule has 2 nitrogen and oxygen atoms in total. The first kappa shape index (κ1) is 9.78. The van der Waals surface area contributed by atoms with Gasteiger partial charge in [0, 0.05) is 11.6 Å². The van der Waals surface area contributed by atoms with Gasteiger partial charge in [0.05, 0.1) is 0 Å². The van der Waals surface area contributed by atoms with Crippen LogP contribution in [0.25, 0.3) is 0 Å². The molecule has 1 unspecified atom stereocenters. The molecule has 14 heavy (non-hydrogen) atoms. The summed E-state index contributed by atoms with van der Waals surface area (Å²) in [4.78, 5) is 0. The summed E-state index contributed by atoms with van der Waals surface area (Å²) >= 11 is 0. The topological polar surface area (TPSA) is 25.2 Å².